The third-order valence-corrected chi connectivity index (χ3v) is 9.35. The lowest BCUT2D eigenvalue weighted by atomic mass is 9.98. The highest BCUT2D eigenvalue weighted by Gasteiger charge is 2.34. The van der Waals surface area contributed by atoms with Crippen LogP contribution in [-0.2, 0) is 4.79 Å². The molecule has 0 aliphatic carbocycles. The van der Waals surface area contributed by atoms with Crippen LogP contribution < -0.4 is 15.5 Å². The molecule has 6 rings (SSSR count). The smallest absolute Gasteiger partial charge is 0.266 e. The number of anilines is 2. The number of pyridine rings is 1. The van der Waals surface area contributed by atoms with Gasteiger partial charge in [-0.25, -0.2) is 9.97 Å². The number of carbonyl (C=O) groups excluding carboxylic acids is 2. The number of rotatable bonds is 10. The van der Waals surface area contributed by atoms with Crippen molar-refractivity contribution < 1.29 is 14.0 Å². The number of hydrogen-bond donors (Lipinski definition) is 2. The summed E-state index contributed by atoms with van der Waals surface area (Å²) in [6, 6.07) is 10.9. The van der Waals surface area contributed by atoms with Crippen LogP contribution in [0.25, 0.3) is 22.2 Å². The monoisotopic (exact) mass is 600 g/mol. The van der Waals surface area contributed by atoms with E-state index in [1.807, 2.05) is 31.3 Å². The lowest BCUT2D eigenvalue weighted by molar-refractivity contribution is -0.123. The number of nitrogens with zero attached hydrogens (tertiary/aromatic N) is 4. The number of aromatic nitrogens is 2. The van der Waals surface area contributed by atoms with Gasteiger partial charge in [-0.2, -0.15) is 0 Å². The number of piperidine rings is 2. The summed E-state index contributed by atoms with van der Waals surface area (Å²) < 4.78 is 5.75. The molecule has 2 N–H and O–H groups in total. The van der Waals surface area contributed by atoms with Crippen LogP contribution in [0.1, 0.15) is 62.6 Å². The number of hydrogen-bond acceptors (Lipinski definition) is 9. The molecule has 3 aromatic heterocycles. The lowest BCUT2D eigenvalue weighted by Gasteiger charge is -2.37. The molecule has 43 heavy (non-hydrogen) atoms. The van der Waals surface area contributed by atoms with Crippen LogP contribution in [0.3, 0.4) is 0 Å². The first-order valence-electron chi connectivity index (χ1n) is 15.4. The van der Waals surface area contributed by atoms with Gasteiger partial charge in [0.05, 0.1) is 11.7 Å². The number of ketones is 1. The maximum absolute atomic E-state index is 13.8. The molecule has 1 aromatic carbocycles. The van der Waals surface area contributed by atoms with Crippen LogP contribution in [0.5, 0.6) is 0 Å². The molecule has 0 saturated carbocycles. The summed E-state index contributed by atoms with van der Waals surface area (Å²) in [5, 5.41) is 10.9. The number of benzene rings is 1. The topological polar surface area (TPSA) is 104 Å². The number of amides is 1. The van der Waals surface area contributed by atoms with E-state index in [0.717, 1.165) is 80.8 Å². The molecule has 0 radical (unpaired) electrons. The van der Waals surface area contributed by atoms with E-state index in [-0.39, 0.29) is 23.6 Å². The van der Waals surface area contributed by atoms with Crippen molar-refractivity contribution in [1.29, 1.82) is 0 Å². The minimum Gasteiger partial charge on any atom is -0.434 e. The van der Waals surface area contributed by atoms with Gasteiger partial charge in [-0.3, -0.25) is 9.59 Å². The van der Waals surface area contributed by atoms with Crippen molar-refractivity contribution in [3.63, 3.8) is 0 Å². The SMILES string of the molecule is CCCC(NC(=O)C1CCCCN1c1cscc1-c1ccc(NC2CCN(C)CC2)nc1)C(=O)c1nc2ccccc2o1. The minimum absolute atomic E-state index is 0.0434. The van der Waals surface area contributed by atoms with E-state index in [9.17, 15) is 9.59 Å². The van der Waals surface area contributed by atoms with Crippen molar-refractivity contribution in [1.82, 2.24) is 20.2 Å². The van der Waals surface area contributed by atoms with Crippen molar-refractivity contribution in [2.45, 2.75) is 70.0 Å². The van der Waals surface area contributed by atoms with E-state index in [4.69, 9.17) is 9.40 Å². The maximum Gasteiger partial charge on any atom is 0.266 e. The average Bonchev–Trinajstić information content (AvgIpc) is 3.70. The molecule has 0 spiro atoms. The van der Waals surface area contributed by atoms with Crippen LogP contribution in [-0.4, -0.2) is 71.4 Å². The average molecular weight is 601 g/mol. The fourth-order valence-corrected chi connectivity index (χ4v) is 7.03. The second-order valence-electron chi connectivity index (χ2n) is 11.7. The molecule has 2 aliphatic heterocycles. The fourth-order valence-electron chi connectivity index (χ4n) is 6.17. The van der Waals surface area contributed by atoms with E-state index in [0.29, 0.717) is 23.6 Å². The van der Waals surface area contributed by atoms with E-state index in [1.54, 1.807) is 17.4 Å². The predicted molar refractivity (Wildman–Crippen MR) is 172 cm³/mol. The van der Waals surface area contributed by atoms with Gasteiger partial charge in [0.1, 0.15) is 17.4 Å². The Hall–Kier alpha value is -3.76. The third kappa shape index (κ3) is 6.60. The molecule has 9 nitrogen and oxygen atoms in total. The first-order valence-corrected chi connectivity index (χ1v) is 16.4. The van der Waals surface area contributed by atoms with Crippen molar-refractivity contribution in [2.75, 3.05) is 36.9 Å². The van der Waals surface area contributed by atoms with Crippen LogP contribution in [0.15, 0.2) is 57.8 Å². The van der Waals surface area contributed by atoms with Crippen LogP contribution in [0.4, 0.5) is 11.5 Å². The van der Waals surface area contributed by atoms with Gasteiger partial charge in [-0.15, -0.1) is 11.3 Å². The molecule has 1 amide bonds. The third-order valence-electron chi connectivity index (χ3n) is 8.62. The largest absolute Gasteiger partial charge is 0.434 e. The number of para-hydroxylation sites is 2. The Morgan fingerprint density at radius 3 is 2.67 bits per heavy atom. The Kier molecular flexibility index (Phi) is 9.04. The Morgan fingerprint density at radius 1 is 1.07 bits per heavy atom. The highest BCUT2D eigenvalue weighted by Crippen LogP contribution is 2.38. The highest BCUT2D eigenvalue weighted by molar-refractivity contribution is 7.08. The summed E-state index contributed by atoms with van der Waals surface area (Å²) in [4.78, 5) is 41.0. The number of thiophene rings is 1. The van der Waals surface area contributed by atoms with E-state index >= 15 is 0 Å². The molecule has 226 valence electrons. The molecule has 5 heterocycles. The number of carbonyl (C=O) groups is 2. The number of oxazole rings is 1. The fraction of sp³-hybridized carbons (Fsp3) is 0.455. The van der Waals surface area contributed by atoms with Crippen LogP contribution in [0, 0.1) is 0 Å². The van der Waals surface area contributed by atoms with Gasteiger partial charge < -0.3 is 24.9 Å². The summed E-state index contributed by atoms with van der Waals surface area (Å²) in [5.74, 6) is 0.526. The first-order chi connectivity index (χ1) is 21.0. The molecule has 2 atom stereocenters. The lowest BCUT2D eigenvalue weighted by Crippen LogP contribution is -2.53. The first kappa shape index (κ1) is 29.3. The van der Waals surface area contributed by atoms with Gasteiger partial charge in [0.2, 0.25) is 11.7 Å². The van der Waals surface area contributed by atoms with Gasteiger partial charge in [0.25, 0.3) is 5.89 Å². The van der Waals surface area contributed by atoms with Gasteiger partial charge >= 0.3 is 0 Å². The molecular weight excluding hydrogens is 560 g/mol. The van der Waals surface area contributed by atoms with Gasteiger partial charge in [-0.05, 0) is 82.9 Å². The predicted octanol–water partition coefficient (Wildman–Crippen LogP) is 5.98. The summed E-state index contributed by atoms with van der Waals surface area (Å²) >= 11 is 1.63. The molecule has 10 heteroatoms. The zero-order chi connectivity index (χ0) is 29.8. The zero-order valence-electron chi connectivity index (χ0n) is 24.9. The standard InChI is InChI=1S/C33H40N6O3S/c1-3-8-26(31(40)33-37-25-9-4-5-11-29(25)42-33)36-32(41)27-10-6-7-16-39(27)28-21-43-20-24(28)22-12-13-30(34-19-22)35-23-14-17-38(2)18-15-23/h4-5,9,11-13,19-21,23,26-27H,3,6-8,10,14-18H2,1-2H3,(H,34,35)(H,36,41). The summed E-state index contributed by atoms with van der Waals surface area (Å²) in [5.41, 5.74) is 4.35. The van der Waals surface area contributed by atoms with Crippen molar-refractivity contribution >= 4 is 45.6 Å². The van der Waals surface area contributed by atoms with E-state index in [2.05, 4.69) is 55.4 Å². The molecule has 2 fully saturated rings. The number of likely N-dealkylation sites (tertiary alicyclic amines) is 1. The second kappa shape index (κ2) is 13.3. The maximum atomic E-state index is 13.8. The minimum atomic E-state index is -0.690. The number of nitrogens with one attached hydrogen (secondary N) is 2. The molecule has 2 aliphatic rings. The van der Waals surface area contributed by atoms with Crippen LogP contribution >= 0.6 is 11.3 Å². The van der Waals surface area contributed by atoms with E-state index in [1.165, 1.54) is 0 Å². The quantitative estimate of drug-likeness (QED) is 0.214. The second-order valence-corrected chi connectivity index (χ2v) is 12.5. The summed E-state index contributed by atoms with van der Waals surface area (Å²) in [7, 11) is 2.17. The van der Waals surface area contributed by atoms with Gasteiger partial charge in [0.15, 0.2) is 5.58 Å². The van der Waals surface area contributed by atoms with Gasteiger partial charge in [0, 0.05) is 40.7 Å². The Morgan fingerprint density at radius 2 is 1.91 bits per heavy atom. The Labute approximate surface area is 256 Å². The molecule has 2 unspecified atom stereocenters. The van der Waals surface area contributed by atoms with E-state index < -0.39 is 6.04 Å². The molecule has 4 aromatic rings. The van der Waals surface area contributed by atoms with Crippen molar-refractivity contribution in [3.05, 3.63) is 59.2 Å². The van der Waals surface area contributed by atoms with Crippen molar-refractivity contribution in [2.24, 2.45) is 0 Å². The summed E-state index contributed by atoms with van der Waals surface area (Å²) in [6.45, 7) is 4.99. The van der Waals surface area contributed by atoms with Crippen LogP contribution in [0.2, 0.25) is 0 Å². The summed E-state index contributed by atoms with van der Waals surface area (Å²) in [6.07, 6.45) is 8.13. The van der Waals surface area contributed by atoms with Crippen molar-refractivity contribution in [3.8, 4) is 11.1 Å². The molecular formula is C33H40N6O3S. The highest BCUT2D eigenvalue weighted by atomic mass is 32.1. The van der Waals surface area contributed by atoms with Gasteiger partial charge in [-0.1, -0.05) is 25.5 Å². The number of Topliss-reactive ketones (excluding diaryl/α,β-unsaturated/α-hetero) is 1. The Balaban J connectivity index is 1.17. The number of fused-ring (bicyclic) bond motifs is 1. The normalized spacial score (nSPS) is 18.9. The Bertz CT molecular complexity index is 1510. The molecule has 2 saturated heterocycles. The molecule has 0 bridgehead atoms. The zero-order valence-corrected chi connectivity index (χ0v) is 25.7.